The van der Waals surface area contributed by atoms with E-state index in [1.54, 1.807) is 7.11 Å². The summed E-state index contributed by atoms with van der Waals surface area (Å²) in [5, 5.41) is 3.34. The van der Waals surface area contributed by atoms with Gasteiger partial charge < -0.3 is 10.1 Å². The molecule has 0 aliphatic heterocycles. The van der Waals surface area contributed by atoms with Crippen molar-refractivity contribution in [3.05, 3.63) is 29.8 Å². The Morgan fingerprint density at radius 3 is 2.29 bits per heavy atom. The number of nitrogens with one attached hydrogen (secondary N) is 1. The largest absolute Gasteiger partial charge is 0.496 e. The van der Waals surface area contributed by atoms with Crippen molar-refractivity contribution in [2.75, 3.05) is 20.2 Å². The van der Waals surface area contributed by atoms with Gasteiger partial charge in [-0.05, 0) is 24.1 Å². The zero-order valence-electron chi connectivity index (χ0n) is 11.9. The van der Waals surface area contributed by atoms with Crippen LogP contribution in [0.1, 0.15) is 45.6 Å². The fourth-order valence-corrected chi connectivity index (χ4v) is 1.54. The van der Waals surface area contributed by atoms with E-state index in [0.29, 0.717) is 5.92 Å². The molecule has 2 heteroatoms. The van der Waals surface area contributed by atoms with Crippen LogP contribution in [0.5, 0.6) is 5.75 Å². The standard InChI is InChI=1S/C12H19NO.C3H8/c1-4-13-9-10(2)11-7-5-6-8-12(11)14-3;1-3-2/h5-8,10,13H,4,9H2,1-3H3;3H2,1-2H3. The van der Waals surface area contributed by atoms with Crippen molar-refractivity contribution in [1.29, 1.82) is 0 Å². The van der Waals surface area contributed by atoms with E-state index in [4.69, 9.17) is 4.74 Å². The van der Waals surface area contributed by atoms with E-state index in [0.717, 1.165) is 18.8 Å². The highest BCUT2D eigenvalue weighted by Crippen LogP contribution is 2.25. The average Bonchev–Trinajstić information content (AvgIpc) is 2.36. The van der Waals surface area contributed by atoms with Crippen LogP contribution in [-0.2, 0) is 0 Å². The van der Waals surface area contributed by atoms with Gasteiger partial charge in [-0.15, -0.1) is 0 Å². The first-order valence-corrected chi connectivity index (χ1v) is 6.54. The highest BCUT2D eigenvalue weighted by molar-refractivity contribution is 5.35. The van der Waals surface area contributed by atoms with Crippen molar-refractivity contribution in [2.45, 2.75) is 40.0 Å². The quantitative estimate of drug-likeness (QED) is 0.840. The number of para-hydroxylation sites is 1. The lowest BCUT2D eigenvalue weighted by atomic mass is 10.0. The van der Waals surface area contributed by atoms with Gasteiger partial charge >= 0.3 is 0 Å². The molecule has 0 bridgehead atoms. The molecule has 0 saturated heterocycles. The zero-order valence-corrected chi connectivity index (χ0v) is 11.9. The van der Waals surface area contributed by atoms with Gasteiger partial charge in [-0.25, -0.2) is 0 Å². The van der Waals surface area contributed by atoms with Crippen molar-refractivity contribution in [1.82, 2.24) is 5.32 Å². The molecule has 0 aliphatic rings. The van der Waals surface area contributed by atoms with Crippen LogP contribution in [0, 0.1) is 0 Å². The molecule has 17 heavy (non-hydrogen) atoms. The van der Waals surface area contributed by atoms with Crippen molar-refractivity contribution in [3.8, 4) is 5.75 Å². The molecule has 1 aromatic carbocycles. The Labute approximate surface area is 106 Å². The number of ether oxygens (including phenoxy) is 1. The first-order chi connectivity index (χ1) is 8.21. The lowest BCUT2D eigenvalue weighted by molar-refractivity contribution is 0.405. The van der Waals surface area contributed by atoms with Gasteiger partial charge in [0.15, 0.2) is 0 Å². The van der Waals surface area contributed by atoms with Crippen LogP contribution in [0.3, 0.4) is 0 Å². The predicted molar refractivity (Wildman–Crippen MR) is 75.9 cm³/mol. The van der Waals surface area contributed by atoms with Gasteiger partial charge in [-0.3, -0.25) is 0 Å². The molecule has 0 aliphatic carbocycles. The monoisotopic (exact) mass is 237 g/mol. The molecule has 0 amide bonds. The molecular weight excluding hydrogens is 210 g/mol. The zero-order chi connectivity index (χ0) is 13.1. The van der Waals surface area contributed by atoms with Gasteiger partial charge in [-0.2, -0.15) is 0 Å². The summed E-state index contributed by atoms with van der Waals surface area (Å²) < 4.78 is 5.32. The smallest absolute Gasteiger partial charge is 0.122 e. The summed E-state index contributed by atoms with van der Waals surface area (Å²) in [5.74, 6) is 1.48. The molecule has 2 nitrogen and oxygen atoms in total. The molecule has 98 valence electrons. The fraction of sp³-hybridized carbons (Fsp3) is 0.600. The maximum atomic E-state index is 5.32. The van der Waals surface area contributed by atoms with E-state index in [-0.39, 0.29) is 0 Å². The van der Waals surface area contributed by atoms with E-state index in [1.807, 2.05) is 12.1 Å². The molecule has 1 atom stereocenters. The lowest BCUT2D eigenvalue weighted by Gasteiger charge is -2.15. The minimum absolute atomic E-state index is 0.492. The fourth-order valence-electron chi connectivity index (χ4n) is 1.54. The summed E-state index contributed by atoms with van der Waals surface area (Å²) in [6, 6.07) is 8.20. The van der Waals surface area contributed by atoms with Gasteiger partial charge in [0.05, 0.1) is 7.11 Å². The molecule has 1 N–H and O–H groups in total. The molecule has 1 unspecified atom stereocenters. The Balaban J connectivity index is 0.000000770. The van der Waals surface area contributed by atoms with Crippen molar-refractivity contribution in [3.63, 3.8) is 0 Å². The maximum absolute atomic E-state index is 5.32. The van der Waals surface area contributed by atoms with Crippen molar-refractivity contribution < 1.29 is 4.74 Å². The van der Waals surface area contributed by atoms with Crippen LogP contribution in [0.4, 0.5) is 0 Å². The number of hydrogen-bond donors (Lipinski definition) is 1. The first kappa shape index (κ1) is 16.0. The van der Waals surface area contributed by atoms with Gasteiger partial charge in [0, 0.05) is 6.54 Å². The normalized spacial score (nSPS) is 11.4. The predicted octanol–water partition coefficient (Wildman–Crippen LogP) is 3.82. The number of methoxy groups -OCH3 is 1. The number of likely N-dealkylation sites (N-methyl/N-ethyl adjacent to an activating group) is 1. The Morgan fingerprint density at radius 2 is 1.76 bits per heavy atom. The van der Waals surface area contributed by atoms with Crippen molar-refractivity contribution in [2.24, 2.45) is 0 Å². The minimum Gasteiger partial charge on any atom is -0.496 e. The second-order valence-electron chi connectivity index (χ2n) is 4.16. The Kier molecular flexibility index (Phi) is 9.55. The summed E-state index contributed by atoms with van der Waals surface area (Å²) in [4.78, 5) is 0. The number of rotatable bonds is 5. The second-order valence-corrected chi connectivity index (χ2v) is 4.16. The summed E-state index contributed by atoms with van der Waals surface area (Å²) >= 11 is 0. The van der Waals surface area contributed by atoms with E-state index in [2.05, 4.69) is 45.1 Å². The van der Waals surface area contributed by atoms with Gasteiger partial charge in [0.25, 0.3) is 0 Å². The number of benzene rings is 1. The first-order valence-electron chi connectivity index (χ1n) is 6.54. The van der Waals surface area contributed by atoms with Gasteiger partial charge in [-0.1, -0.05) is 52.3 Å². The minimum atomic E-state index is 0.492. The molecule has 1 aromatic rings. The van der Waals surface area contributed by atoms with E-state index in [1.165, 1.54) is 12.0 Å². The molecule has 0 fully saturated rings. The molecule has 0 spiro atoms. The summed E-state index contributed by atoms with van der Waals surface area (Å²) in [6.45, 7) is 10.6. The summed E-state index contributed by atoms with van der Waals surface area (Å²) in [6.07, 6.45) is 1.25. The molecule has 0 saturated carbocycles. The summed E-state index contributed by atoms with van der Waals surface area (Å²) in [5.41, 5.74) is 1.27. The molecular formula is C15H27NO. The number of hydrogen-bond acceptors (Lipinski definition) is 2. The SMILES string of the molecule is CCC.CCNCC(C)c1ccccc1OC. The van der Waals surface area contributed by atoms with Crippen molar-refractivity contribution >= 4 is 0 Å². The van der Waals surface area contributed by atoms with E-state index < -0.39 is 0 Å². The molecule has 0 heterocycles. The van der Waals surface area contributed by atoms with E-state index in [9.17, 15) is 0 Å². The van der Waals surface area contributed by atoms with Crippen LogP contribution >= 0.6 is 0 Å². The Hall–Kier alpha value is -1.02. The van der Waals surface area contributed by atoms with E-state index >= 15 is 0 Å². The summed E-state index contributed by atoms with van der Waals surface area (Å²) in [7, 11) is 1.72. The lowest BCUT2D eigenvalue weighted by Crippen LogP contribution is -2.19. The van der Waals surface area contributed by atoms with Crippen LogP contribution in [0.25, 0.3) is 0 Å². The highest BCUT2D eigenvalue weighted by Gasteiger charge is 2.09. The molecule has 0 radical (unpaired) electrons. The third-order valence-corrected chi connectivity index (χ3v) is 2.37. The van der Waals surface area contributed by atoms with Crippen LogP contribution < -0.4 is 10.1 Å². The Morgan fingerprint density at radius 1 is 1.18 bits per heavy atom. The maximum Gasteiger partial charge on any atom is 0.122 e. The average molecular weight is 237 g/mol. The van der Waals surface area contributed by atoms with Crippen LogP contribution in [0.2, 0.25) is 0 Å². The topological polar surface area (TPSA) is 21.3 Å². The Bertz CT molecular complexity index is 286. The van der Waals surface area contributed by atoms with Gasteiger partial charge in [0.1, 0.15) is 5.75 Å². The van der Waals surface area contributed by atoms with Crippen LogP contribution in [0.15, 0.2) is 24.3 Å². The second kappa shape index (κ2) is 10.2. The van der Waals surface area contributed by atoms with Crippen LogP contribution in [-0.4, -0.2) is 20.2 Å². The third-order valence-electron chi connectivity index (χ3n) is 2.37. The molecule has 0 aromatic heterocycles. The molecule has 1 rings (SSSR count). The highest BCUT2D eigenvalue weighted by atomic mass is 16.5. The van der Waals surface area contributed by atoms with Gasteiger partial charge in [0.2, 0.25) is 0 Å². The third kappa shape index (κ3) is 6.32.